The summed E-state index contributed by atoms with van der Waals surface area (Å²) in [4.78, 5) is 4.27. The molecule has 1 atom stereocenters. The summed E-state index contributed by atoms with van der Waals surface area (Å²) in [5.74, 6) is 0.407. The zero-order valence-electron chi connectivity index (χ0n) is 12.7. The Morgan fingerprint density at radius 2 is 2.10 bits per heavy atom. The van der Waals surface area contributed by atoms with E-state index in [-0.39, 0.29) is 42.5 Å². The van der Waals surface area contributed by atoms with E-state index in [1.807, 2.05) is 19.9 Å². The summed E-state index contributed by atoms with van der Waals surface area (Å²) in [6.07, 6.45) is 0.407. The van der Waals surface area contributed by atoms with Gasteiger partial charge in [0.25, 0.3) is 0 Å². The van der Waals surface area contributed by atoms with Crippen molar-refractivity contribution in [1.82, 2.24) is 10.6 Å². The molecule has 2 N–H and O–H groups in total. The summed E-state index contributed by atoms with van der Waals surface area (Å²) in [5, 5.41) is 6.28. The molecule has 1 unspecified atom stereocenters. The standard InChI is InChI=1S/C15H23F2N3.HI/c1-4-18-15(19-9-5-8-16)20-12(3)13-7-6-11(2)14(17)10-13;/h6-7,10,12H,4-5,8-9H2,1-3H3,(H2,18,19,20);1H. The van der Waals surface area contributed by atoms with Crippen molar-refractivity contribution in [3.05, 3.63) is 35.1 Å². The smallest absolute Gasteiger partial charge is 0.191 e. The molecule has 0 saturated heterocycles. The number of hydrogen-bond acceptors (Lipinski definition) is 1. The number of hydrogen-bond donors (Lipinski definition) is 2. The average Bonchev–Trinajstić information content (AvgIpc) is 2.42. The molecule has 1 rings (SSSR count). The third kappa shape index (κ3) is 7.06. The van der Waals surface area contributed by atoms with Crippen LogP contribution >= 0.6 is 24.0 Å². The van der Waals surface area contributed by atoms with Crippen molar-refractivity contribution in [3.63, 3.8) is 0 Å². The highest BCUT2D eigenvalue weighted by Crippen LogP contribution is 2.16. The summed E-state index contributed by atoms with van der Waals surface area (Å²) >= 11 is 0. The maximum absolute atomic E-state index is 13.6. The molecule has 0 aliphatic heterocycles. The van der Waals surface area contributed by atoms with Gasteiger partial charge >= 0.3 is 0 Å². The SMILES string of the molecule is CCNC(=NCCCF)NC(C)c1ccc(C)c(F)c1.I. The molecule has 1 aromatic rings. The number of benzene rings is 1. The fourth-order valence-corrected chi connectivity index (χ4v) is 1.74. The van der Waals surface area contributed by atoms with Gasteiger partial charge in [-0.3, -0.25) is 9.38 Å². The molecule has 0 spiro atoms. The van der Waals surface area contributed by atoms with Gasteiger partial charge in [0.15, 0.2) is 5.96 Å². The third-order valence-corrected chi connectivity index (χ3v) is 2.95. The molecule has 0 fully saturated rings. The number of nitrogens with one attached hydrogen (secondary N) is 2. The predicted octanol–water partition coefficient (Wildman–Crippen LogP) is 3.73. The van der Waals surface area contributed by atoms with Crippen LogP contribution in [-0.2, 0) is 0 Å². The Hall–Kier alpha value is -0.920. The van der Waals surface area contributed by atoms with Crippen LogP contribution in [0.4, 0.5) is 8.78 Å². The molecule has 0 aliphatic rings. The topological polar surface area (TPSA) is 36.4 Å². The molecule has 0 radical (unpaired) electrons. The summed E-state index contributed by atoms with van der Waals surface area (Å²) < 4.78 is 25.6. The molecule has 1 aromatic carbocycles. The lowest BCUT2D eigenvalue weighted by molar-refractivity contribution is 0.477. The number of alkyl halides is 1. The van der Waals surface area contributed by atoms with Gasteiger partial charge in [0.2, 0.25) is 0 Å². The summed E-state index contributed by atoms with van der Waals surface area (Å²) in [6.45, 7) is 6.41. The van der Waals surface area contributed by atoms with Crippen LogP contribution in [-0.4, -0.2) is 25.7 Å². The molecule has 21 heavy (non-hydrogen) atoms. The van der Waals surface area contributed by atoms with Crippen molar-refractivity contribution < 1.29 is 8.78 Å². The van der Waals surface area contributed by atoms with E-state index in [0.717, 1.165) is 12.1 Å². The van der Waals surface area contributed by atoms with Crippen molar-refractivity contribution in [1.29, 1.82) is 0 Å². The highest BCUT2D eigenvalue weighted by atomic mass is 127. The number of guanidine groups is 1. The average molecular weight is 411 g/mol. The lowest BCUT2D eigenvalue weighted by Gasteiger charge is -2.18. The first-order valence-electron chi connectivity index (χ1n) is 6.95. The minimum Gasteiger partial charge on any atom is -0.357 e. The van der Waals surface area contributed by atoms with E-state index in [9.17, 15) is 8.78 Å². The maximum atomic E-state index is 13.6. The van der Waals surface area contributed by atoms with Gasteiger partial charge in [-0.15, -0.1) is 24.0 Å². The molecule has 0 saturated carbocycles. The summed E-state index contributed by atoms with van der Waals surface area (Å²) in [7, 11) is 0. The Bertz CT molecular complexity index is 453. The van der Waals surface area contributed by atoms with Gasteiger partial charge in [0.05, 0.1) is 12.7 Å². The van der Waals surface area contributed by atoms with Gasteiger partial charge in [-0.2, -0.15) is 0 Å². The molecule has 0 heterocycles. The van der Waals surface area contributed by atoms with Crippen LogP contribution in [0.2, 0.25) is 0 Å². The van der Waals surface area contributed by atoms with E-state index in [0.29, 0.717) is 24.5 Å². The molecule has 3 nitrogen and oxygen atoms in total. The van der Waals surface area contributed by atoms with Crippen molar-refractivity contribution in [3.8, 4) is 0 Å². The lowest BCUT2D eigenvalue weighted by atomic mass is 10.1. The fourth-order valence-electron chi connectivity index (χ4n) is 1.74. The first-order chi connectivity index (χ1) is 9.58. The van der Waals surface area contributed by atoms with Crippen molar-refractivity contribution >= 4 is 29.9 Å². The van der Waals surface area contributed by atoms with Gasteiger partial charge in [-0.25, -0.2) is 4.39 Å². The van der Waals surface area contributed by atoms with E-state index in [4.69, 9.17) is 0 Å². The second kappa shape index (κ2) is 10.8. The second-order valence-electron chi connectivity index (χ2n) is 4.68. The number of halogens is 3. The Morgan fingerprint density at radius 3 is 2.67 bits per heavy atom. The number of rotatable bonds is 6. The lowest BCUT2D eigenvalue weighted by Crippen LogP contribution is -2.38. The van der Waals surface area contributed by atoms with Gasteiger partial charge in [-0.1, -0.05) is 12.1 Å². The van der Waals surface area contributed by atoms with E-state index < -0.39 is 0 Å². The molecule has 120 valence electrons. The van der Waals surface area contributed by atoms with E-state index in [1.165, 1.54) is 6.07 Å². The van der Waals surface area contributed by atoms with Crippen LogP contribution in [0.5, 0.6) is 0 Å². The van der Waals surface area contributed by atoms with Crippen molar-refractivity contribution in [2.75, 3.05) is 19.8 Å². The van der Waals surface area contributed by atoms with Crippen molar-refractivity contribution in [2.24, 2.45) is 4.99 Å². The minimum absolute atomic E-state index is 0. The van der Waals surface area contributed by atoms with E-state index in [2.05, 4.69) is 15.6 Å². The zero-order chi connectivity index (χ0) is 15.0. The third-order valence-electron chi connectivity index (χ3n) is 2.95. The van der Waals surface area contributed by atoms with E-state index >= 15 is 0 Å². The Kier molecular flexibility index (Phi) is 10.3. The Morgan fingerprint density at radius 1 is 1.38 bits per heavy atom. The highest BCUT2D eigenvalue weighted by molar-refractivity contribution is 14.0. The molecular weight excluding hydrogens is 387 g/mol. The largest absolute Gasteiger partial charge is 0.357 e. The van der Waals surface area contributed by atoms with Gasteiger partial charge < -0.3 is 10.6 Å². The molecule has 0 bridgehead atoms. The number of nitrogens with zero attached hydrogens (tertiary/aromatic N) is 1. The Labute approximate surface area is 142 Å². The van der Waals surface area contributed by atoms with E-state index in [1.54, 1.807) is 13.0 Å². The van der Waals surface area contributed by atoms with Gasteiger partial charge in [0, 0.05) is 13.1 Å². The zero-order valence-corrected chi connectivity index (χ0v) is 15.1. The van der Waals surface area contributed by atoms with Crippen LogP contribution in [0.15, 0.2) is 23.2 Å². The number of aliphatic imine (C=N–C) groups is 1. The molecule has 0 amide bonds. The normalized spacial score (nSPS) is 12.5. The molecule has 0 aliphatic carbocycles. The molecular formula is C15H24F2IN3. The summed E-state index contributed by atoms with van der Waals surface area (Å²) in [6, 6.07) is 5.10. The number of aryl methyl sites for hydroxylation is 1. The highest BCUT2D eigenvalue weighted by Gasteiger charge is 2.09. The summed E-state index contributed by atoms with van der Waals surface area (Å²) in [5.41, 5.74) is 1.48. The quantitative estimate of drug-likeness (QED) is 0.324. The van der Waals surface area contributed by atoms with Crippen LogP contribution < -0.4 is 10.6 Å². The molecule has 0 aromatic heterocycles. The van der Waals surface area contributed by atoms with Crippen LogP contribution in [0.1, 0.15) is 37.4 Å². The van der Waals surface area contributed by atoms with Gasteiger partial charge in [0.1, 0.15) is 5.82 Å². The van der Waals surface area contributed by atoms with Crippen LogP contribution in [0, 0.1) is 12.7 Å². The predicted molar refractivity (Wildman–Crippen MR) is 94.7 cm³/mol. The first-order valence-corrected chi connectivity index (χ1v) is 6.95. The van der Waals surface area contributed by atoms with Crippen molar-refractivity contribution in [2.45, 2.75) is 33.2 Å². The van der Waals surface area contributed by atoms with Gasteiger partial charge in [-0.05, 0) is 44.4 Å². The second-order valence-corrected chi connectivity index (χ2v) is 4.68. The van der Waals surface area contributed by atoms with Crippen LogP contribution in [0.25, 0.3) is 0 Å². The fraction of sp³-hybridized carbons (Fsp3) is 0.533. The maximum Gasteiger partial charge on any atom is 0.191 e. The molecule has 6 heteroatoms. The monoisotopic (exact) mass is 411 g/mol. The Balaban J connectivity index is 0.00000400. The van der Waals surface area contributed by atoms with Crippen LogP contribution in [0.3, 0.4) is 0 Å². The minimum atomic E-state index is -0.373. The first kappa shape index (κ1) is 20.1.